The number of hydrogen-bond donors (Lipinski definition) is 0. The second kappa shape index (κ2) is 6.65. The third-order valence-electron chi connectivity index (χ3n) is 5.13. The minimum absolute atomic E-state index is 0.215. The highest BCUT2D eigenvalue weighted by molar-refractivity contribution is 5.78. The first-order valence-electron chi connectivity index (χ1n) is 8.26. The summed E-state index contributed by atoms with van der Waals surface area (Å²) >= 11 is 0. The van der Waals surface area contributed by atoms with Gasteiger partial charge in [-0.3, -0.25) is 9.69 Å². The van der Waals surface area contributed by atoms with Crippen LogP contribution in [0, 0.1) is 0 Å². The van der Waals surface area contributed by atoms with Crippen LogP contribution in [-0.4, -0.2) is 47.9 Å². The van der Waals surface area contributed by atoms with Crippen LogP contribution in [0.4, 0.5) is 0 Å². The van der Waals surface area contributed by atoms with Crippen LogP contribution in [0.5, 0.6) is 0 Å². The molecule has 1 aliphatic heterocycles. The Balaban J connectivity index is 1.65. The summed E-state index contributed by atoms with van der Waals surface area (Å²) in [5, 5.41) is 0. The van der Waals surface area contributed by atoms with Crippen molar-refractivity contribution in [3.8, 4) is 0 Å². The zero-order valence-corrected chi connectivity index (χ0v) is 13.0. The maximum atomic E-state index is 12.5. The molecule has 0 spiro atoms. The van der Waals surface area contributed by atoms with Gasteiger partial charge in [0.25, 0.3) is 0 Å². The van der Waals surface area contributed by atoms with E-state index >= 15 is 0 Å². The van der Waals surface area contributed by atoms with Crippen molar-refractivity contribution < 1.29 is 9.21 Å². The van der Waals surface area contributed by atoms with Crippen molar-refractivity contribution in [2.45, 2.75) is 57.0 Å². The van der Waals surface area contributed by atoms with Gasteiger partial charge in [0.05, 0.1) is 18.9 Å². The van der Waals surface area contributed by atoms with E-state index in [2.05, 4.69) is 4.90 Å². The molecule has 2 unspecified atom stereocenters. The Morgan fingerprint density at radius 1 is 1.29 bits per heavy atom. The Labute approximate surface area is 127 Å². The van der Waals surface area contributed by atoms with Crippen molar-refractivity contribution in [1.29, 1.82) is 0 Å². The standard InChI is InChI=1S/C17H26N2O2/c1-18(17(20)12-14-8-11-21-13-14)15-6-2-3-7-16(15)19-9-4-5-10-19/h8,11,13,15-16H,2-7,9-10,12H2,1H3. The second-order valence-corrected chi connectivity index (χ2v) is 6.48. The molecular formula is C17H26N2O2. The Morgan fingerprint density at radius 3 is 2.76 bits per heavy atom. The first-order valence-corrected chi connectivity index (χ1v) is 8.26. The minimum atomic E-state index is 0.215. The molecule has 1 amide bonds. The quantitative estimate of drug-likeness (QED) is 0.855. The zero-order chi connectivity index (χ0) is 14.7. The molecule has 2 atom stereocenters. The number of rotatable bonds is 4. The molecule has 1 aliphatic carbocycles. The molecule has 0 radical (unpaired) electrons. The highest BCUT2D eigenvalue weighted by Crippen LogP contribution is 2.29. The van der Waals surface area contributed by atoms with E-state index in [1.54, 1.807) is 12.5 Å². The smallest absolute Gasteiger partial charge is 0.227 e. The highest BCUT2D eigenvalue weighted by atomic mass is 16.3. The summed E-state index contributed by atoms with van der Waals surface area (Å²) < 4.78 is 5.06. The largest absolute Gasteiger partial charge is 0.472 e. The number of carbonyl (C=O) groups excluding carboxylic acids is 1. The van der Waals surface area contributed by atoms with Crippen LogP contribution in [0.15, 0.2) is 23.0 Å². The lowest BCUT2D eigenvalue weighted by molar-refractivity contribution is -0.133. The molecular weight excluding hydrogens is 264 g/mol. The van der Waals surface area contributed by atoms with Gasteiger partial charge in [0.15, 0.2) is 0 Å². The number of likely N-dealkylation sites (N-methyl/N-ethyl adjacent to an activating group) is 1. The molecule has 2 fully saturated rings. The lowest BCUT2D eigenvalue weighted by Gasteiger charge is -2.42. The molecule has 4 heteroatoms. The second-order valence-electron chi connectivity index (χ2n) is 6.48. The lowest BCUT2D eigenvalue weighted by atomic mass is 9.88. The van der Waals surface area contributed by atoms with Crippen molar-refractivity contribution >= 4 is 5.91 Å². The van der Waals surface area contributed by atoms with E-state index in [0.717, 1.165) is 12.0 Å². The molecule has 3 rings (SSSR count). The van der Waals surface area contributed by atoms with Gasteiger partial charge in [0.2, 0.25) is 5.91 Å². The van der Waals surface area contributed by atoms with Crippen LogP contribution in [0.1, 0.15) is 44.1 Å². The van der Waals surface area contributed by atoms with Gasteiger partial charge in [0.1, 0.15) is 0 Å². The van der Waals surface area contributed by atoms with E-state index in [9.17, 15) is 4.79 Å². The fraction of sp³-hybridized carbons (Fsp3) is 0.706. The summed E-state index contributed by atoms with van der Waals surface area (Å²) in [6.45, 7) is 2.43. The maximum Gasteiger partial charge on any atom is 0.227 e. The third-order valence-corrected chi connectivity index (χ3v) is 5.13. The molecule has 116 valence electrons. The van der Waals surface area contributed by atoms with E-state index in [1.807, 2.05) is 18.0 Å². The van der Waals surface area contributed by atoms with Crippen LogP contribution < -0.4 is 0 Å². The van der Waals surface area contributed by atoms with Gasteiger partial charge in [-0.25, -0.2) is 0 Å². The van der Waals surface area contributed by atoms with E-state index in [4.69, 9.17) is 4.42 Å². The van der Waals surface area contributed by atoms with Crippen LogP contribution in [0.2, 0.25) is 0 Å². The fourth-order valence-electron chi connectivity index (χ4n) is 3.92. The van der Waals surface area contributed by atoms with Crippen LogP contribution in [0.3, 0.4) is 0 Å². The monoisotopic (exact) mass is 290 g/mol. The number of carbonyl (C=O) groups is 1. The summed E-state index contributed by atoms with van der Waals surface area (Å²) in [6, 6.07) is 2.83. The first kappa shape index (κ1) is 14.6. The van der Waals surface area contributed by atoms with E-state index in [1.165, 1.54) is 45.2 Å². The summed E-state index contributed by atoms with van der Waals surface area (Å²) in [5.41, 5.74) is 0.973. The average molecular weight is 290 g/mol. The first-order chi connectivity index (χ1) is 10.3. The number of amides is 1. The van der Waals surface area contributed by atoms with Crippen molar-refractivity contribution in [2.24, 2.45) is 0 Å². The van der Waals surface area contributed by atoms with E-state index in [0.29, 0.717) is 18.5 Å². The Morgan fingerprint density at radius 2 is 2.05 bits per heavy atom. The number of nitrogens with zero attached hydrogens (tertiary/aromatic N) is 2. The number of furan rings is 1. The fourth-order valence-corrected chi connectivity index (χ4v) is 3.92. The summed E-state index contributed by atoms with van der Waals surface area (Å²) in [5.74, 6) is 0.215. The van der Waals surface area contributed by atoms with Gasteiger partial charge in [-0.2, -0.15) is 0 Å². The Kier molecular flexibility index (Phi) is 4.63. The average Bonchev–Trinajstić information content (AvgIpc) is 3.19. The van der Waals surface area contributed by atoms with Crippen molar-refractivity contribution in [2.75, 3.05) is 20.1 Å². The molecule has 2 heterocycles. The van der Waals surface area contributed by atoms with Gasteiger partial charge >= 0.3 is 0 Å². The molecule has 21 heavy (non-hydrogen) atoms. The van der Waals surface area contributed by atoms with Crippen molar-refractivity contribution in [3.63, 3.8) is 0 Å². The predicted octanol–water partition coefficient (Wildman–Crippen LogP) is 2.69. The van der Waals surface area contributed by atoms with Crippen molar-refractivity contribution in [1.82, 2.24) is 9.80 Å². The molecule has 0 N–H and O–H groups in total. The van der Waals surface area contributed by atoms with Gasteiger partial charge in [-0.05, 0) is 50.4 Å². The molecule has 0 aromatic carbocycles. The molecule has 1 saturated carbocycles. The third kappa shape index (κ3) is 3.31. The molecule has 1 aromatic heterocycles. The van der Waals surface area contributed by atoms with Crippen LogP contribution in [-0.2, 0) is 11.2 Å². The molecule has 2 aliphatic rings. The Bertz CT molecular complexity index is 451. The van der Waals surface area contributed by atoms with E-state index < -0.39 is 0 Å². The van der Waals surface area contributed by atoms with E-state index in [-0.39, 0.29) is 5.91 Å². The SMILES string of the molecule is CN(C(=O)Cc1ccoc1)C1CCCCC1N1CCCC1. The molecule has 1 saturated heterocycles. The Hall–Kier alpha value is -1.29. The minimum Gasteiger partial charge on any atom is -0.472 e. The maximum absolute atomic E-state index is 12.5. The van der Waals surface area contributed by atoms with Gasteiger partial charge in [-0.15, -0.1) is 0 Å². The summed E-state index contributed by atoms with van der Waals surface area (Å²) in [4.78, 5) is 17.2. The van der Waals surface area contributed by atoms with Crippen molar-refractivity contribution in [3.05, 3.63) is 24.2 Å². The molecule has 1 aromatic rings. The zero-order valence-electron chi connectivity index (χ0n) is 13.0. The number of likely N-dealkylation sites (tertiary alicyclic amines) is 1. The topological polar surface area (TPSA) is 36.7 Å². The highest BCUT2D eigenvalue weighted by Gasteiger charge is 2.35. The van der Waals surface area contributed by atoms with Gasteiger partial charge in [0, 0.05) is 19.1 Å². The van der Waals surface area contributed by atoms with Gasteiger partial charge in [-0.1, -0.05) is 12.8 Å². The predicted molar refractivity (Wildman–Crippen MR) is 82.0 cm³/mol. The number of hydrogen-bond acceptors (Lipinski definition) is 3. The lowest BCUT2D eigenvalue weighted by Crippen LogP contribution is -2.53. The summed E-state index contributed by atoms with van der Waals surface area (Å²) in [7, 11) is 1.99. The molecule has 0 bridgehead atoms. The normalized spacial score (nSPS) is 26.9. The molecule has 4 nitrogen and oxygen atoms in total. The van der Waals surface area contributed by atoms with Crippen LogP contribution >= 0.6 is 0 Å². The van der Waals surface area contributed by atoms with Gasteiger partial charge < -0.3 is 9.32 Å². The summed E-state index contributed by atoms with van der Waals surface area (Å²) in [6.07, 6.45) is 11.3. The van der Waals surface area contributed by atoms with Crippen LogP contribution in [0.25, 0.3) is 0 Å².